The maximum absolute atomic E-state index is 13.0. The van der Waals surface area contributed by atoms with E-state index in [0.717, 1.165) is 17.7 Å². The van der Waals surface area contributed by atoms with Crippen LogP contribution in [0.2, 0.25) is 5.02 Å². The summed E-state index contributed by atoms with van der Waals surface area (Å²) in [5.41, 5.74) is -0.275. The fraction of sp³-hybridized carbons (Fsp3) is 0.167. The van der Waals surface area contributed by atoms with Gasteiger partial charge < -0.3 is 14.5 Å². The molecule has 28 heavy (non-hydrogen) atoms. The molecule has 1 aromatic carbocycles. The summed E-state index contributed by atoms with van der Waals surface area (Å²) in [6.45, 7) is 1.06. The lowest BCUT2D eigenvalue weighted by atomic mass is 10.1. The van der Waals surface area contributed by atoms with E-state index in [2.05, 4.69) is 4.98 Å². The van der Waals surface area contributed by atoms with Gasteiger partial charge in [-0.25, -0.2) is 9.78 Å². The second-order valence-electron chi connectivity index (χ2n) is 5.88. The number of nitrogens with zero attached hydrogens (tertiary/aromatic N) is 2. The Hall–Kier alpha value is -3.07. The number of carbonyl (C=O) groups excluding carboxylic acids is 2. The van der Waals surface area contributed by atoms with Crippen LogP contribution in [0.25, 0.3) is 5.65 Å². The molecule has 1 N–H and O–H groups in total. The Morgan fingerprint density at radius 3 is 2.75 bits per heavy atom. The van der Waals surface area contributed by atoms with Gasteiger partial charge in [-0.15, -0.1) is 0 Å². The van der Waals surface area contributed by atoms with Gasteiger partial charge in [-0.1, -0.05) is 17.7 Å². The van der Waals surface area contributed by atoms with Crippen molar-refractivity contribution in [3.63, 3.8) is 0 Å². The first-order chi connectivity index (χ1) is 13.1. The van der Waals surface area contributed by atoms with E-state index in [1.54, 1.807) is 16.7 Å². The SMILES string of the molecule is Cc1ccn2cc(C(=O)OCC(=O)Nc3c(Cl)cccc3C(F)(F)F)nc2c1. The highest BCUT2D eigenvalue weighted by molar-refractivity contribution is 6.34. The maximum Gasteiger partial charge on any atom is 0.418 e. The topological polar surface area (TPSA) is 72.7 Å². The van der Waals surface area contributed by atoms with Crippen molar-refractivity contribution < 1.29 is 27.5 Å². The van der Waals surface area contributed by atoms with Crippen LogP contribution in [0.5, 0.6) is 0 Å². The summed E-state index contributed by atoms with van der Waals surface area (Å²) in [6, 6.07) is 6.67. The van der Waals surface area contributed by atoms with Gasteiger partial charge in [0.2, 0.25) is 0 Å². The number of amides is 1. The first-order valence-corrected chi connectivity index (χ1v) is 8.31. The second-order valence-corrected chi connectivity index (χ2v) is 6.29. The Morgan fingerprint density at radius 2 is 2.04 bits per heavy atom. The number of aryl methyl sites for hydroxylation is 1. The largest absolute Gasteiger partial charge is 0.451 e. The van der Waals surface area contributed by atoms with E-state index in [0.29, 0.717) is 5.65 Å². The molecule has 0 unspecified atom stereocenters. The third kappa shape index (κ3) is 4.25. The molecule has 0 atom stereocenters. The number of carbonyl (C=O) groups is 2. The van der Waals surface area contributed by atoms with E-state index < -0.39 is 35.9 Å². The minimum atomic E-state index is -4.71. The number of alkyl halides is 3. The molecule has 0 spiro atoms. The zero-order chi connectivity index (χ0) is 20.5. The number of benzene rings is 1. The lowest BCUT2D eigenvalue weighted by molar-refractivity contribution is -0.137. The first-order valence-electron chi connectivity index (χ1n) is 7.93. The zero-order valence-corrected chi connectivity index (χ0v) is 15.1. The van der Waals surface area contributed by atoms with Crippen LogP contribution < -0.4 is 5.32 Å². The van der Waals surface area contributed by atoms with Gasteiger partial charge in [-0.3, -0.25) is 4.79 Å². The van der Waals surface area contributed by atoms with Crippen LogP contribution in [0.4, 0.5) is 18.9 Å². The first kappa shape index (κ1) is 19.7. The van der Waals surface area contributed by atoms with Crippen LogP contribution in [0, 0.1) is 6.92 Å². The highest BCUT2D eigenvalue weighted by Gasteiger charge is 2.34. The van der Waals surface area contributed by atoms with Crippen molar-refractivity contribution in [2.24, 2.45) is 0 Å². The summed E-state index contributed by atoms with van der Waals surface area (Å²) < 4.78 is 45.6. The Bertz CT molecular complexity index is 1060. The van der Waals surface area contributed by atoms with Gasteiger partial charge in [0.05, 0.1) is 16.3 Å². The second kappa shape index (κ2) is 7.51. The summed E-state index contributed by atoms with van der Waals surface area (Å²) in [4.78, 5) is 28.1. The van der Waals surface area contributed by atoms with Crippen molar-refractivity contribution in [3.8, 4) is 0 Å². The van der Waals surface area contributed by atoms with Gasteiger partial charge in [-0.05, 0) is 36.8 Å². The maximum atomic E-state index is 13.0. The predicted octanol–water partition coefficient (Wildman–Crippen LogP) is 4.11. The van der Waals surface area contributed by atoms with Crippen molar-refractivity contribution >= 4 is 34.8 Å². The van der Waals surface area contributed by atoms with Crippen LogP contribution in [0.15, 0.2) is 42.7 Å². The van der Waals surface area contributed by atoms with Crippen LogP contribution in [-0.4, -0.2) is 27.9 Å². The molecular formula is C18H13ClF3N3O3. The number of rotatable bonds is 4. The number of para-hydroxylation sites is 1. The van der Waals surface area contributed by atoms with Crippen LogP contribution in [0.1, 0.15) is 21.6 Å². The number of halogens is 4. The number of ether oxygens (including phenoxy) is 1. The normalized spacial score (nSPS) is 11.5. The summed E-state index contributed by atoms with van der Waals surface area (Å²) in [5.74, 6) is -1.85. The number of anilines is 1. The number of hydrogen-bond donors (Lipinski definition) is 1. The highest BCUT2D eigenvalue weighted by atomic mass is 35.5. The van der Waals surface area contributed by atoms with Crippen molar-refractivity contribution in [2.75, 3.05) is 11.9 Å². The van der Waals surface area contributed by atoms with Crippen molar-refractivity contribution in [2.45, 2.75) is 13.1 Å². The van der Waals surface area contributed by atoms with Gasteiger partial charge in [0, 0.05) is 12.4 Å². The third-order valence-corrected chi connectivity index (χ3v) is 4.06. The molecule has 3 aromatic rings. The number of nitrogens with one attached hydrogen (secondary N) is 1. The fourth-order valence-corrected chi connectivity index (χ4v) is 2.67. The standard InChI is InChI=1S/C18H13ClF3N3O3/c1-10-5-6-25-8-13(23-14(25)7-10)17(27)28-9-15(26)24-16-11(18(20,21)22)3-2-4-12(16)19/h2-8H,9H2,1H3,(H,24,26). The molecular weight excluding hydrogens is 399 g/mol. The molecule has 146 valence electrons. The van der Waals surface area contributed by atoms with Gasteiger partial charge >= 0.3 is 12.1 Å². The van der Waals surface area contributed by atoms with E-state index in [-0.39, 0.29) is 10.7 Å². The number of fused-ring (bicyclic) bond motifs is 1. The average Bonchev–Trinajstić information content (AvgIpc) is 3.03. The molecule has 6 nitrogen and oxygen atoms in total. The molecule has 0 aliphatic carbocycles. The molecule has 0 bridgehead atoms. The van der Waals surface area contributed by atoms with Crippen molar-refractivity contribution in [3.05, 3.63) is 64.6 Å². The van der Waals surface area contributed by atoms with E-state index in [9.17, 15) is 22.8 Å². The van der Waals surface area contributed by atoms with E-state index in [1.807, 2.05) is 18.3 Å². The number of esters is 1. The predicted molar refractivity (Wildman–Crippen MR) is 95.3 cm³/mol. The molecule has 0 saturated heterocycles. The lowest BCUT2D eigenvalue weighted by Crippen LogP contribution is -2.23. The molecule has 0 fully saturated rings. The highest BCUT2D eigenvalue weighted by Crippen LogP contribution is 2.38. The Morgan fingerprint density at radius 1 is 1.29 bits per heavy atom. The van der Waals surface area contributed by atoms with Crippen LogP contribution in [-0.2, 0) is 15.7 Å². The Labute approximate surface area is 161 Å². The number of imidazole rings is 1. The van der Waals surface area contributed by atoms with Crippen LogP contribution >= 0.6 is 11.6 Å². The summed E-state index contributed by atoms with van der Waals surface area (Å²) in [6.07, 6.45) is -1.58. The minimum Gasteiger partial charge on any atom is -0.451 e. The summed E-state index contributed by atoms with van der Waals surface area (Å²) in [5, 5.41) is 1.75. The van der Waals surface area contributed by atoms with Gasteiger partial charge in [0.1, 0.15) is 5.65 Å². The van der Waals surface area contributed by atoms with Gasteiger partial charge in [0.25, 0.3) is 5.91 Å². The molecule has 0 radical (unpaired) electrons. The molecule has 0 aliphatic rings. The molecule has 3 rings (SSSR count). The fourth-order valence-electron chi connectivity index (χ4n) is 2.45. The van der Waals surface area contributed by atoms with E-state index in [4.69, 9.17) is 16.3 Å². The van der Waals surface area contributed by atoms with E-state index >= 15 is 0 Å². The molecule has 0 aliphatic heterocycles. The summed E-state index contributed by atoms with van der Waals surface area (Å²) in [7, 11) is 0. The Balaban J connectivity index is 1.68. The average molecular weight is 412 g/mol. The number of pyridine rings is 1. The lowest BCUT2D eigenvalue weighted by Gasteiger charge is -2.15. The smallest absolute Gasteiger partial charge is 0.418 e. The third-order valence-electron chi connectivity index (χ3n) is 3.74. The quantitative estimate of drug-likeness (QED) is 0.656. The van der Waals surface area contributed by atoms with E-state index in [1.165, 1.54) is 12.3 Å². The molecule has 1 amide bonds. The zero-order valence-electron chi connectivity index (χ0n) is 14.4. The molecule has 2 heterocycles. The van der Waals surface area contributed by atoms with Crippen molar-refractivity contribution in [1.82, 2.24) is 9.38 Å². The monoisotopic (exact) mass is 411 g/mol. The molecule has 0 saturated carbocycles. The summed E-state index contributed by atoms with van der Waals surface area (Å²) >= 11 is 5.76. The minimum absolute atomic E-state index is 0.0351. The van der Waals surface area contributed by atoms with Gasteiger partial charge in [-0.2, -0.15) is 13.2 Å². The molecule has 2 aromatic heterocycles. The van der Waals surface area contributed by atoms with Crippen molar-refractivity contribution in [1.29, 1.82) is 0 Å². The van der Waals surface area contributed by atoms with Crippen LogP contribution in [0.3, 0.4) is 0 Å². The number of aromatic nitrogens is 2. The Kier molecular flexibility index (Phi) is 5.28. The number of hydrogen-bond acceptors (Lipinski definition) is 4. The molecule has 10 heteroatoms. The van der Waals surface area contributed by atoms with Gasteiger partial charge in [0.15, 0.2) is 12.3 Å².